The number of ether oxygens (including phenoxy) is 1. The van der Waals surface area contributed by atoms with Gasteiger partial charge in [-0.05, 0) is 12.1 Å². The van der Waals surface area contributed by atoms with Gasteiger partial charge in [0, 0.05) is 11.5 Å². The number of aromatic amines is 1. The van der Waals surface area contributed by atoms with Crippen LogP contribution in [0, 0.1) is 0 Å². The van der Waals surface area contributed by atoms with Crippen molar-refractivity contribution in [3.8, 4) is 5.88 Å². The third-order valence-electron chi connectivity index (χ3n) is 2.56. The van der Waals surface area contributed by atoms with Crippen LogP contribution < -0.4 is 10.1 Å². The first kappa shape index (κ1) is 10.5. The highest BCUT2D eigenvalue weighted by molar-refractivity contribution is 5.90. The van der Waals surface area contributed by atoms with Gasteiger partial charge >= 0.3 is 0 Å². The van der Waals surface area contributed by atoms with Gasteiger partial charge in [0.05, 0.1) is 12.6 Å². The lowest BCUT2D eigenvalue weighted by molar-refractivity contribution is 0.397. The third kappa shape index (κ3) is 1.84. The molecule has 0 saturated carbocycles. The van der Waals surface area contributed by atoms with E-state index in [0.717, 1.165) is 22.5 Å². The summed E-state index contributed by atoms with van der Waals surface area (Å²) in [4.78, 5) is 8.43. The van der Waals surface area contributed by atoms with Crippen LogP contribution in [0.1, 0.15) is 0 Å². The largest absolute Gasteiger partial charge is 0.480 e. The number of fused-ring (bicyclic) bond motifs is 1. The zero-order valence-corrected chi connectivity index (χ0v) is 9.71. The van der Waals surface area contributed by atoms with E-state index in [9.17, 15) is 0 Å². The molecule has 0 fully saturated rings. The highest BCUT2D eigenvalue weighted by Gasteiger charge is 2.05. The first-order valence-corrected chi connectivity index (χ1v) is 5.43. The fraction of sp³-hybridized carbons (Fsp3) is 0.0833. The maximum absolute atomic E-state index is 5.00. The van der Waals surface area contributed by atoms with Crippen molar-refractivity contribution in [2.75, 3.05) is 12.4 Å². The monoisotopic (exact) mass is 241 g/mol. The van der Waals surface area contributed by atoms with Gasteiger partial charge in [0.25, 0.3) is 0 Å². The molecule has 0 bridgehead atoms. The lowest BCUT2D eigenvalue weighted by atomic mass is 10.2. The van der Waals surface area contributed by atoms with Crippen molar-refractivity contribution in [1.82, 2.24) is 20.2 Å². The minimum absolute atomic E-state index is 0.524. The summed E-state index contributed by atoms with van der Waals surface area (Å²) in [6.07, 6.45) is 1.53. The number of benzene rings is 1. The number of nitrogens with one attached hydrogen (secondary N) is 2. The molecule has 18 heavy (non-hydrogen) atoms. The molecule has 3 rings (SSSR count). The molecule has 0 aliphatic heterocycles. The van der Waals surface area contributed by atoms with Gasteiger partial charge < -0.3 is 10.1 Å². The van der Waals surface area contributed by atoms with Crippen molar-refractivity contribution in [3.05, 3.63) is 36.7 Å². The molecule has 0 saturated heterocycles. The van der Waals surface area contributed by atoms with E-state index in [0.29, 0.717) is 5.88 Å². The van der Waals surface area contributed by atoms with E-state index in [1.807, 2.05) is 24.3 Å². The first-order chi connectivity index (χ1) is 8.86. The minimum atomic E-state index is 0.524. The Labute approximate surface area is 103 Å². The number of H-pyrrole nitrogens is 1. The molecule has 2 N–H and O–H groups in total. The van der Waals surface area contributed by atoms with Crippen LogP contribution in [0.5, 0.6) is 5.88 Å². The molecule has 0 spiro atoms. The predicted molar refractivity (Wildman–Crippen MR) is 68.0 cm³/mol. The maximum Gasteiger partial charge on any atom is 0.234 e. The summed E-state index contributed by atoms with van der Waals surface area (Å²) in [5, 5.41) is 10.9. The number of rotatable bonds is 3. The van der Waals surface area contributed by atoms with Gasteiger partial charge in [-0.1, -0.05) is 12.1 Å². The summed E-state index contributed by atoms with van der Waals surface area (Å²) in [7, 11) is 1.57. The van der Waals surface area contributed by atoms with E-state index < -0.39 is 0 Å². The van der Waals surface area contributed by atoms with Crippen molar-refractivity contribution < 1.29 is 4.74 Å². The molecule has 6 heteroatoms. The second kappa shape index (κ2) is 4.33. The number of anilines is 2. The number of aromatic nitrogens is 4. The molecule has 6 nitrogen and oxygen atoms in total. The molecule has 0 aliphatic rings. The second-order valence-corrected chi connectivity index (χ2v) is 3.69. The molecule has 0 atom stereocenters. The van der Waals surface area contributed by atoms with E-state index in [1.165, 1.54) is 6.33 Å². The molecule has 1 aromatic carbocycles. The van der Waals surface area contributed by atoms with Gasteiger partial charge in [0.2, 0.25) is 5.88 Å². The first-order valence-electron chi connectivity index (χ1n) is 5.43. The van der Waals surface area contributed by atoms with Crippen LogP contribution >= 0.6 is 0 Å². The summed E-state index contributed by atoms with van der Waals surface area (Å²) in [6, 6.07) is 9.56. The Morgan fingerprint density at radius 3 is 2.94 bits per heavy atom. The van der Waals surface area contributed by atoms with Crippen LogP contribution in [0.25, 0.3) is 10.9 Å². The van der Waals surface area contributed by atoms with Crippen LogP contribution in [-0.4, -0.2) is 27.3 Å². The molecular formula is C12H11N5O. The molecule has 2 aromatic heterocycles. The lowest BCUT2D eigenvalue weighted by Gasteiger charge is -2.05. The maximum atomic E-state index is 5.00. The van der Waals surface area contributed by atoms with E-state index >= 15 is 0 Å². The molecule has 2 heterocycles. The standard InChI is InChI=1S/C12H11N5O/c1-18-11-6-10(16-17-11)15-12-8-4-2-3-5-9(8)13-7-14-12/h2-7H,1H3,(H2,13,14,15,16,17). The summed E-state index contributed by atoms with van der Waals surface area (Å²) in [6.45, 7) is 0. The van der Waals surface area contributed by atoms with Crippen LogP contribution in [0.3, 0.4) is 0 Å². The Hall–Kier alpha value is -2.63. The molecule has 0 aliphatic carbocycles. The Bertz CT molecular complexity index is 674. The minimum Gasteiger partial charge on any atom is -0.480 e. The summed E-state index contributed by atoms with van der Waals surface area (Å²) in [5.41, 5.74) is 0.890. The Balaban J connectivity index is 1.99. The van der Waals surface area contributed by atoms with Crippen LogP contribution in [0.2, 0.25) is 0 Å². The van der Waals surface area contributed by atoms with Gasteiger partial charge in [-0.3, -0.25) is 5.10 Å². The summed E-state index contributed by atoms with van der Waals surface area (Å²) in [5.74, 6) is 1.97. The van der Waals surface area contributed by atoms with Crippen molar-refractivity contribution in [1.29, 1.82) is 0 Å². The van der Waals surface area contributed by atoms with Crippen molar-refractivity contribution in [2.45, 2.75) is 0 Å². The fourth-order valence-corrected chi connectivity index (χ4v) is 1.70. The molecule has 3 aromatic rings. The average molecular weight is 241 g/mol. The van der Waals surface area contributed by atoms with E-state index in [-0.39, 0.29) is 0 Å². The zero-order chi connectivity index (χ0) is 12.4. The predicted octanol–water partition coefficient (Wildman–Crippen LogP) is 2.11. The third-order valence-corrected chi connectivity index (χ3v) is 2.56. The molecule has 90 valence electrons. The second-order valence-electron chi connectivity index (χ2n) is 3.69. The van der Waals surface area contributed by atoms with E-state index in [2.05, 4.69) is 25.5 Å². The van der Waals surface area contributed by atoms with Crippen LogP contribution in [0.4, 0.5) is 11.6 Å². The number of hydrogen-bond donors (Lipinski definition) is 2. The topological polar surface area (TPSA) is 75.7 Å². The number of hydrogen-bond acceptors (Lipinski definition) is 5. The number of nitrogens with zero attached hydrogens (tertiary/aromatic N) is 3. The van der Waals surface area contributed by atoms with Gasteiger partial charge in [-0.2, -0.15) is 0 Å². The van der Waals surface area contributed by atoms with Crippen LogP contribution in [-0.2, 0) is 0 Å². The highest BCUT2D eigenvalue weighted by atomic mass is 16.5. The van der Waals surface area contributed by atoms with Crippen molar-refractivity contribution in [2.24, 2.45) is 0 Å². The zero-order valence-electron chi connectivity index (χ0n) is 9.71. The van der Waals surface area contributed by atoms with E-state index in [1.54, 1.807) is 13.2 Å². The van der Waals surface area contributed by atoms with E-state index in [4.69, 9.17) is 4.74 Å². The SMILES string of the molecule is COc1cc(Nc2ncnc3ccccc23)[nH]n1. The number of methoxy groups -OCH3 is 1. The van der Waals surface area contributed by atoms with Crippen molar-refractivity contribution >= 4 is 22.5 Å². The van der Waals surface area contributed by atoms with Gasteiger partial charge in [0.1, 0.15) is 18.0 Å². The van der Waals surface area contributed by atoms with Gasteiger partial charge in [0.15, 0.2) is 0 Å². The molecule has 0 radical (unpaired) electrons. The summed E-state index contributed by atoms with van der Waals surface area (Å²) >= 11 is 0. The Kier molecular flexibility index (Phi) is 2.53. The lowest BCUT2D eigenvalue weighted by Crippen LogP contribution is -1.95. The van der Waals surface area contributed by atoms with Crippen LogP contribution in [0.15, 0.2) is 36.7 Å². The van der Waals surface area contributed by atoms with Crippen molar-refractivity contribution in [3.63, 3.8) is 0 Å². The molecular weight excluding hydrogens is 230 g/mol. The quantitative estimate of drug-likeness (QED) is 0.734. The smallest absolute Gasteiger partial charge is 0.234 e. The molecule has 0 amide bonds. The fourth-order valence-electron chi connectivity index (χ4n) is 1.70. The molecule has 0 unspecified atom stereocenters. The van der Waals surface area contributed by atoms with Gasteiger partial charge in [-0.15, -0.1) is 5.10 Å². The summed E-state index contributed by atoms with van der Waals surface area (Å²) < 4.78 is 5.00. The number of para-hydroxylation sites is 1. The highest BCUT2D eigenvalue weighted by Crippen LogP contribution is 2.22. The Morgan fingerprint density at radius 1 is 1.22 bits per heavy atom. The Morgan fingerprint density at radius 2 is 2.11 bits per heavy atom. The van der Waals surface area contributed by atoms with Gasteiger partial charge in [-0.25, -0.2) is 9.97 Å². The normalized spacial score (nSPS) is 10.5. The average Bonchev–Trinajstić information content (AvgIpc) is 2.87.